The van der Waals surface area contributed by atoms with Gasteiger partial charge in [-0.3, -0.25) is 13.2 Å². The van der Waals surface area contributed by atoms with Crippen molar-refractivity contribution < 1.29 is 22.4 Å². The first kappa shape index (κ1) is 17.0. The van der Waals surface area contributed by atoms with Crippen molar-refractivity contribution in [2.75, 3.05) is 0 Å². The van der Waals surface area contributed by atoms with Crippen molar-refractivity contribution in [3.63, 3.8) is 0 Å². The van der Waals surface area contributed by atoms with E-state index in [1.54, 1.807) is 0 Å². The van der Waals surface area contributed by atoms with E-state index in [9.17, 15) is 0 Å². The van der Waals surface area contributed by atoms with Gasteiger partial charge in [-0.25, -0.2) is 0 Å². The number of nitrogens with zero attached hydrogens (tertiary/aromatic N) is 1. The van der Waals surface area contributed by atoms with E-state index in [-0.39, 0.29) is 22.4 Å². The zero-order valence-corrected chi connectivity index (χ0v) is 5.41. The minimum absolute atomic E-state index is 0. The molecule has 0 aromatic heterocycles. The van der Waals surface area contributed by atoms with Crippen LogP contribution >= 0.6 is 0 Å². The molecule has 0 fully saturated rings. The Morgan fingerprint density at radius 1 is 1.67 bits per heavy atom. The quantitative estimate of drug-likeness (QED) is 0.459. The number of hydrogen-bond donors (Lipinski definition) is 0. The molecule has 0 atom stereocenters. The van der Waals surface area contributed by atoms with Crippen LogP contribution in [-0.2, 0) is 22.4 Å². The van der Waals surface area contributed by atoms with Crippen molar-refractivity contribution in [1.29, 1.82) is 0 Å². The van der Waals surface area contributed by atoms with E-state index in [0.29, 0.717) is 0 Å². The summed E-state index contributed by atoms with van der Waals surface area (Å²) >= 11 is 0. The fourth-order valence-electron chi connectivity index (χ4n) is 0. The van der Waals surface area contributed by atoms with Gasteiger partial charge in [0.25, 0.3) is 0 Å². The van der Waals surface area contributed by atoms with Crippen molar-refractivity contribution in [2.45, 2.75) is 0 Å². The van der Waals surface area contributed by atoms with Crippen molar-refractivity contribution in [2.24, 2.45) is 0 Å². The molecule has 0 heterocycles. The zero-order chi connectivity index (χ0) is 4.71. The van der Waals surface area contributed by atoms with Gasteiger partial charge in [-0.15, -0.1) is 0 Å². The van der Waals surface area contributed by atoms with Gasteiger partial charge in [-0.05, 0) is 0 Å². The van der Waals surface area contributed by atoms with E-state index in [2.05, 4.69) is 25.1 Å². The molecule has 0 bridgehead atoms. The molecule has 2 heteroatoms. The molecule has 0 rings (SSSR count). The third-order valence-corrected chi connectivity index (χ3v) is 0. The Morgan fingerprint density at radius 2 is 1.67 bits per heavy atom. The molecule has 1 radical (unpaired) electrons. The van der Waals surface area contributed by atoms with Crippen molar-refractivity contribution in [3.05, 3.63) is 31.6 Å². The van der Waals surface area contributed by atoms with Gasteiger partial charge >= 0.3 is 0 Å². The maximum atomic E-state index is 5.72. The first-order valence-electron chi connectivity index (χ1n) is 0.948. The first-order valence-corrected chi connectivity index (χ1v) is 0.948. The van der Waals surface area contributed by atoms with Crippen LogP contribution in [0.5, 0.6) is 0 Å². The summed E-state index contributed by atoms with van der Waals surface area (Å²) in [5.41, 5.74) is 0. The fourth-order valence-corrected chi connectivity index (χ4v) is 0. The van der Waals surface area contributed by atoms with Gasteiger partial charge in [-0.1, -0.05) is 7.05 Å². The van der Waals surface area contributed by atoms with Crippen LogP contribution in [0.4, 0.5) is 0 Å². The Morgan fingerprint density at radius 3 is 1.67 bits per heavy atom. The monoisotopic (exact) mass is 264 g/mol. The van der Waals surface area contributed by atoms with Gasteiger partial charge in [0, 0.05) is 22.4 Å². The summed E-state index contributed by atoms with van der Waals surface area (Å²) in [4.78, 5) is 2.50. The molecule has 0 aliphatic heterocycles. The van der Waals surface area contributed by atoms with E-state index in [1.807, 2.05) is 0 Å². The van der Waals surface area contributed by atoms with Crippen LogP contribution in [0.2, 0.25) is 0 Å². The van der Waals surface area contributed by atoms with Crippen LogP contribution in [0.1, 0.15) is 0 Å². The molecule has 0 amide bonds. The standard InChI is InChI=1S/C2H2N.C2H3.Au/c1-3-2;1-2;/h1H2;1H,2H2;/q2*-1;. The molecule has 0 unspecified atom stereocenters. The van der Waals surface area contributed by atoms with Crippen molar-refractivity contribution in [3.8, 4) is 0 Å². The van der Waals surface area contributed by atoms with E-state index in [1.165, 1.54) is 0 Å². The van der Waals surface area contributed by atoms with Crippen molar-refractivity contribution >= 4 is 0 Å². The molecule has 0 aromatic carbocycles. The molecular formula is C4H5AuN-2. The van der Waals surface area contributed by atoms with Gasteiger partial charge < -0.3 is 11.4 Å². The molecule has 39 valence electrons. The third kappa shape index (κ3) is 1210. The number of rotatable bonds is 0. The first-order chi connectivity index (χ1) is 2.41. The van der Waals surface area contributed by atoms with Gasteiger partial charge in [0.2, 0.25) is 0 Å². The molecule has 0 saturated heterocycles. The molecule has 1 nitrogen and oxygen atoms in total. The van der Waals surface area contributed by atoms with Crippen LogP contribution in [0, 0.1) is 20.2 Å². The van der Waals surface area contributed by atoms with Crippen LogP contribution in [0.3, 0.4) is 0 Å². The van der Waals surface area contributed by atoms with Crippen LogP contribution in [0.15, 0.2) is 6.58 Å². The normalized spacial score (nSPS) is 1.83. The van der Waals surface area contributed by atoms with Gasteiger partial charge in [0.1, 0.15) is 0 Å². The number of hydrogen-bond acceptors (Lipinski definition) is 0. The molecular weight excluding hydrogens is 259 g/mol. The minimum atomic E-state index is 0. The summed E-state index contributed by atoms with van der Waals surface area (Å²) in [6, 6.07) is 0. The largest absolute Gasteiger partial charge is 0.521 e. The summed E-state index contributed by atoms with van der Waals surface area (Å²) in [6.07, 6.45) is 0. The topological polar surface area (TPSA) is 4.36 Å². The van der Waals surface area contributed by atoms with E-state index in [0.717, 1.165) is 0 Å². The molecule has 0 spiro atoms. The molecule has 0 aromatic rings. The maximum Gasteiger partial charge on any atom is 0 e. The summed E-state index contributed by atoms with van der Waals surface area (Å²) in [5, 5.41) is 0. The average Bonchev–Trinajstić information content (AvgIpc) is 1.46. The van der Waals surface area contributed by atoms with Gasteiger partial charge in [0.05, 0.1) is 0 Å². The Balaban J connectivity index is -0.0000000275. The second-order valence-corrected chi connectivity index (χ2v) is 0.158. The smallest absolute Gasteiger partial charge is 0 e. The van der Waals surface area contributed by atoms with Crippen LogP contribution < -0.4 is 0 Å². The summed E-state index contributed by atoms with van der Waals surface area (Å²) < 4.78 is 0. The summed E-state index contributed by atoms with van der Waals surface area (Å²) in [5.74, 6) is 0. The molecule has 0 aliphatic rings. The van der Waals surface area contributed by atoms with Gasteiger partial charge in [-0.2, -0.15) is 0 Å². The Hall–Kier alpha value is -0.160. The second-order valence-electron chi connectivity index (χ2n) is 0.158. The van der Waals surface area contributed by atoms with Gasteiger partial charge in [0.15, 0.2) is 0 Å². The summed E-state index contributed by atoms with van der Waals surface area (Å²) in [6.45, 7) is 12.7. The van der Waals surface area contributed by atoms with Crippen molar-refractivity contribution in [1.82, 2.24) is 0 Å². The Bertz CT molecular complexity index is 37.3. The third-order valence-electron chi connectivity index (χ3n) is 0. The maximum absolute atomic E-state index is 5.72. The molecule has 6 heavy (non-hydrogen) atoms. The Kier molecular flexibility index (Phi) is 286. The van der Waals surface area contributed by atoms with E-state index < -0.39 is 0 Å². The zero-order valence-electron chi connectivity index (χ0n) is 3.24. The second kappa shape index (κ2) is 101. The average molecular weight is 264 g/mol. The predicted octanol–water partition coefficient (Wildman–Crippen LogP) is 1.30. The SMILES string of the molecule is [Au].[C-]#[N+][CH2-].[CH-]=C. The fraction of sp³-hybridized carbons (Fsp3) is 0. The predicted molar refractivity (Wildman–Crippen MR) is 21.9 cm³/mol. The molecule has 0 N–H and O–H groups in total. The van der Waals surface area contributed by atoms with Crippen LogP contribution in [-0.4, -0.2) is 0 Å². The minimum Gasteiger partial charge on any atom is -0.521 e. The Labute approximate surface area is 54.4 Å². The van der Waals surface area contributed by atoms with Crippen LogP contribution in [0.25, 0.3) is 4.85 Å². The summed E-state index contributed by atoms with van der Waals surface area (Å²) in [7, 11) is 2.78. The van der Waals surface area contributed by atoms with E-state index >= 15 is 0 Å². The molecule has 0 saturated carbocycles. The van der Waals surface area contributed by atoms with E-state index in [4.69, 9.17) is 6.57 Å². The molecule has 0 aliphatic carbocycles.